The fraction of sp³-hybridized carbons (Fsp3) is 0.625. The molecule has 3 heterocycles. The fourth-order valence-electron chi connectivity index (χ4n) is 3.21. The van der Waals surface area contributed by atoms with Gasteiger partial charge in [-0.1, -0.05) is 0 Å². The number of hydrogen-bond acceptors (Lipinski definition) is 5. The molecule has 0 amide bonds. The Labute approximate surface area is 138 Å². The summed E-state index contributed by atoms with van der Waals surface area (Å²) in [6.07, 6.45) is 2.00. The highest BCUT2D eigenvalue weighted by Gasteiger charge is 2.24. The smallest absolute Gasteiger partial charge is 0.332 e. The Kier molecular flexibility index (Phi) is 4.44. The lowest BCUT2D eigenvalue weighted by molar-refractivity contribution is 0.0965. The molecule has 1 aliphatic rings. The molecule has 126 valence electrons. The second-order valence-corrected chi connectivity index (χ2v) is 7.42. The molecule has 0 bridgehead atoms. The summed E-state index contributed by atoms with van der Waals surface area (Å²) >= 11 is 1.45. The van der Waals surface area contributed by atoms with Gasteiger partial charge in [-0.05, 0) is 39.2 Å². The van der Waals surface area contributed by atoms with E-state index < -0.39 is 0 Å². The zero-order valence-electron chi connectivity index (χ0n) is 13.8. The maximum Gasteiger partial charge on any atom is 0.332 e. The van der Waals surface area contributed by atoms with E-state index in [2.05, 4.69) is 0 Å². The van der Waals surface area contributed by atoms with Crippen LogP contribution in [0.4, 0.5) is 0 Å². The van der Waals surface area contributed by atoms with Crippen molar-refractivity contribution in [3.8, 4) is 0 Å². The summed E-state index contributed by atoms with van der Waals surface area (Å²) in [5.41, 5.74) is 6.24. The summed E-state index contributed by atoms with van der Waals surface area (Å²) < 4.78 is 8.74. The van der Waals surface area contributed by atoms with Crippen molar-refractivity contribution in [2.75, 3.05) is 6.61 Å². The quantitative estimate of drug-likeness (QED) is 0.922. The Morgan fingerprint density at radius 1 is 1.39 bits per heavy atom. The molecule has 2 aromatic heterocycles. The maximum absolute atomic E-state index is 12.9. The highest BCUT2D eigenvalue weighted by atomic mass is 32.1. The minimum Gasteiger partial charge on any atom is -0.376 e. The van der Waals surface area contributed by atoms with Crippen LogP contribution in [0.2, 0.25) is 0 Å². The SMILES string of the molecule is Cc1c(CN)sc2c1c(=O)n(C(C)C)c(=O)n2CC1CCCO1. The van der Waals surface area contributed by atoms with Crippen molar-refractivity contribution in [2.24, 2.45) is 5.73 Å². The predicted octanol–water partition coefficient (Wildman–Crippen LogP) is 1.75. The number of aryl methyl sites for hydroxylation is 1. The van der Waals surface area contributed by atoms with Crippen LogP contribution in [0.5, 0.6) is 0 Å². The van der Waals surface area contributed by atoms with Crippen molar-refractivity contribution < 1.29 is 4.74 Å². The van der Waals surface area contributed by atoms with Gasteiger partial charge in [-0.25, -0.2) is 4.79 Å². The zero-order chi connectivity index (χ0) is 16.7. The van der Waals surface area contributed by atoms with Crippen LogP contribution in [0.1, 0.15) is 43.2 Å². The van der Waals surface area contributed by atoms with Gasteiger partial charge in [0.1, 0.15) is 4.83 Å². The van der Waals surface area contributed by atoms with Crippen molar-refractivity contribution in [1.29, 1.82) is 0 Å². The van der Waals surface area contributed by atoms with Gasteiger partial charge in [-0.2, -0.15) is 0 Å². The number of aromatic nitrogens is 2. The van der Waals surface area contributed by atoms with Gasteiger partial charge < -0.3 is 10.5 Å². The second-order valence-electron chi connectivity index (χ2n) is 6.33. The first-order chi connectivity index (χ1) is 11.0. The lowest BCUT2D eigenvalue weighted by Gasteiger charge is -2.17. The van der Waals surface area contributed by atoms with E-state index in [-0.39, 0.29) is 23.4 Å². The van der Waals surface area contributed by atoms with Gasteiger partial charge in [-0.15, -0.1) is 11.3 Å². The third-order valence-electron chi connectivity index (χ3n) is 4.45. The monoisotopic (exact) mass is 337 g/mol. The van der Waals surface area contributed by atoms with E-state index in [1.807, 2.05) is 20.8 Å². The van der Waals surface area contributed by atoms with Crippen LogP contribution >= 0.6 is 11.3 Å². The summed E-state index contributed by atoms with van der Waals surface area (Å²) in [7, 11) is 0. The van der Waals surface area contributed by atoms with E-state index in [4.69, 9.17) is 10.5 Å². The van der Waals surface area contributed by atoms with E-state index in [1.165, 1.54) is 15.9 Å². The molecule has 23 heavy (non-hydrogen) atoms. The third-order valence-corrected chi connectivity index (χ3v) is 5.79. The number of thiophene rings is 1. The van der Waals surface area contributed by atoms with Gasteiger partial charge in [0.25, 0.3) is 5.56 Å². The topological polar surface area (TPSA) is 79.3 Å². The van der Waals surface area contributed by atoms with E-state index in [0.29, 0.717) is 18.5 Å². The highest BCUT2D eigenvalue weighted by Crippen LogP contribution is 2.28. The van der Waals surface area contributed by atoms with Crippen molar-refractivity contribution in [3.63, 3.8) is 0 Å². The minimum absolute atomic E-state index is 0.0396. The average molecular weight is 337 g/mol. The van der Waals surface area contributed by atoms with Gasteiger partial charge in [0, 0.05) is 24.1 Å². The number of hydrogen-bond donors (Lipinski definition) is 1. The lowest BCUT2D eigenvalue weighted by Crippen LogP contribution is -2.42. The summed E-state index contributed by atoms with van der Waals surface area (Å²) in [5, 5.41) is 0.627. The van der Waals surface area contributed by atoms with Crippen LogP contribution < -0.4 is 17.0 Å². The molecule has 0 saturated carbocycles. The molecule has 1 fully saturated rings. The first-order valence-corrected chi connectivity index (χ1v) is 8.86. The molecule has 1 unspecified atom stereocenters. The van der Waals surface area contributed by atoms with Gasteiger partial charge in [-0.3, -0.25) is 13.9 Å². The highest BCUT2D eigenvalue weighted by molar-refractivity contribution is 7.18. The van der Waals surface area contributed by atoms with E-state index in [1.54, 1.807) is 4.57 Å². The van der Waals surface area contributed by atoms with Crippen LogP contribution in [0.15, 0.2) is 9.59 Å². The van der Waals surface area contributed by atoms with Gasteiger partial charge in [0.2, 0.25) is 0 Å². The molecular formula is C16H23N3O3S. The molecule has 1 atom stereocenters. The molecule has 0 radical (unpaired) electrons. The van der Waals surface area contributed by atoms with Crippen LogP contribution in [-0.2, 0) is 17.8 Å². The normalized spacial score (nSPS) is 18.4. The summed E-state index contributed by atoms with van der Waals surface area (Å²) in [5.74, 6) is 0. The van der Waals surface area contributed by atoms with Gasteiger partial charge >= 0.3 is 5.69 Å². The molecule has 2 N–H and O–H groups in total. The Hall–Kier alpha value is -1.44. The zero-order valence-corrected chi connectivity index (χ0v) is 14.6. The number of fused-ring (bicyclic) bond motifs is 1. The largest absolute Gasteiger partial charge is 0.376 e. The fourth-order valence-corrected chi connectivity index (χ4v) is 4.39. The van der Waals surface area contributed by atoms with Crippen LogP contribution in [0.25, 0.3) is 10.2 Å². The maximum atomic E-state index is 12.9. The number of nitrogens with two attached hydrogens (primary N) is 1. The number of nitrogens with zero attached hydrogens (tertiary/aromatic N) is 2. The number of rotatable bonds is 4. The molecule has 1 aliphatic heterocycles. The van der Waals surface area contributed by atoms with Gasteiger partial charge in [0.15, 0.2) is 0 Å². The molecule has 0 spiro atoms. The first-order valence-electron chi connectivity index (χ1n) is 8.04. The average Bonchev–Trinajstić information content (AvgIpc) is 3.10. The lowest BCUT2D eigenvalue weighted by atomic mass is 10.2. The molecule has 3 rings (SSSR count). The molecule has 7 heteroatoms. The van der Waals surface area contributed by atoms with Crippen molar-refractivity contribution in [3.05, 3.63) is 31.3 Å². The minimum atomic E-state index is -0.252. The molecule has 6 nitrogen and oxygen atoms in total. The Bertz CT molecular complexity index is 841. The van der Waals surface area contributed by atoms with E-state index >= 15 is 0 Å². The first kappa shape index (κ1) is 16.4. The summed E-state index contributed by atoms with van der Waals surface area (Å²) in [4.78, 5) is 27.4. The molecule has 2 aromatic rings. The molecule has 0 aliphatic carbocycles. The van der Waals surface area contributed by atoms with Crippen molar-refractivity contribution in [2.45, 2.75) is 58.8 Å². The Balaban J connectivity index is 2.31. The molecular weight excluding hydrogens is 314 g/mol. The Morgan fingerprint density at radius 2 is 2.13 bits per heavy atom. The number of ether oxygens (including phenoxy) is 1. The summed E-state index contributed by atoms with van der Waals surface area (Å²) in [6.45, 7) is 7.23. The second kappa shape index (κ2) is 6.22. The van der Waals surface area contributed by atoms with Gasteiger partial charge in [0.05, 0.1) is 18.0 Å². The predicted molar refractivity (Wildman–Crippen MR) is 92.3 cm³/mol. The summed E-state index contributed by atoms with van der Waals surface area (Å²) in [6, 6.07) is -0.184. The third kappa shape index (κ3) is 2.66. The Morgan fingerprint density at radius 3 is 2.70 bits per heavy atom. The van der Waals surface area contributed by atoms with Crippen molar-refractivity contribution >= 4 is 21.6 Å². The van der Waals surface area contributed by atoms with E-state index in [0.717, 1.165) is 34.7 Å². The van der Waals surface area contributed by atoms with Crippen LogP contribution in [-0.4, -0.2) is 21.8 Å². The van der Waals surface area contributed by atoms with Crippen LogP contribution in [0.3, 0.4) is 0 Å². The molecule has 1 saturated heterocycles. The van der Waals surface area contributed by atoms with Crippen LogP contribution in [0, 0.1) is 6.92 Å². The van der Waals surface area contributed by atoms with E-state index in [9.17, 15) is 9.59 Å². The van der Waals surface area contributed by atoms with Crippen molar-refractivity contribution in [1.82, 2.24) is 9.13 Å². The standard InChI is InChI=1S/C16H23N3O3S/c1-9(2)19-14(20)13-10(3)12(7-17)23-15(13)18(16(19)21)8-11-5-4-6-22-11/h9,11H,4-8,17H2,1-3H3. The molecule has 0 aromatic carbocycles.